The molecule has 0 aliphatic rings. The van der Waals surface area contributed by atoms with Crippen LogP contribution in [0, 0.1) is 0 Å². The Balaban J connectivity index is 1.65. The molecule has 0 amide bonds. The number of anilines is 4. The van der Waals surface area contributed by atoms with E-state index in [4.69, 9.17) is 10.5 Å². The van der Waals surface area contributed by atoms with Crippen LogP contribution in [0.1, 0.15) is 21.5 Å². The van der Waals surface area contributed by atoms with Crippen LogP contribution >= 0.6 is 0 Å². The molecule has 0 unspecified atom stereocenters. The minimum absolute atomic E-state index is 0.410. The van der Waals surface area contributed by atoms with Crippen LogP contribution in [-0.4, -0.2) is 23.0 Å². The molecule has 3 N–H and O–H groups in total. The van der Waals surface area contributed by atoms with Crippen molar-refractivity contribution in [3.8, 4) is 0 Å². The number of esters is 1. The number of carbonyl (C=O) groups is 1. The van der Waals surface area contributed by atoms with Crippen LogP contribution in [0.5, 0.6) is 0 Å². The number of nitrogens with two attached hydrogens (primary N) is 1. The van der Waals surface area contributed by atoms with Gasteiger partial charge in [-0.25, -0.2) is 14.8 Å². The molecule has 0 atom stereocenters. The van der Waals surface area contributed by atoms with Gasteiger partial charge in [0.05, 0.1) is 12.7 Å². The molecule has 0 spiro atoms. The zero-order valence-electron chi connectivity index (χ0n) is 18.3. The van der Waals surface area contributed by atoms with Crippen LogP contribution in [-0.2, 0) is 17.8 Å². The Labute approximate surface area is 192 Å². The van der Waals surface area contributed by atoms with Gasteiger partial charge in [0.1, 0.15) is 12.0 Å². The average Bonchev–Trinajstić information content (AvgIpc) is 2.86. The second-order valence-corrected chi connectivity index (χ2v) is 7.48. The standard InChI is InChI=1S/C26H25N5O2/c1-33-26(32)21-13-8-14-22(15-21)30-24-23(27)25(29-18-28-24)31(16-19-9-4-2-5-10-19)17-20-11-6-3-7-12-20/h2-15,18H,16-17,27H2,1H3,(H,28,29,30). The van der Waals surface area contributed by atoms with E-state index in [1.807, 2.05) is 42.5 Å². The normalized spacial score (nSPS) is 10.5. The Hall–Kier alpha value is -4.39. The number of nitrogens with zero attached hydrogens (tertiary/aromatic N) is 3. The maximum atomic E-state index is 11.9. The Morgan fingerprint density at radius 3 is 2.15 bits per heavy atom. The van der Waals surface area contributed by atoms with Crippen molar-refractivity contribution in [3.05, 3.63) is 108 Å². The van der Waals surface area contributed by atoms with Gasteiger partial charge in [-0.2, -0.15) is 0 Å². The topological polar surface area (TPSA) is 93.4 Å². The van der Waals surface area contributed by atoms with Crippen molar-refractivity contribution >= 4 is 29.0 Å². The summed E-state index contributed by atoms with van der Waals surface area (Å²) >= 11 is 0. The van der Waals surface area contributed by atoms with Crippen LogP contribution in [0.4, 0.5) is 23.0 Å². The molecule has 1 aromatic heterocycles. The maximum absolute atomic E-state index is 11.9. The van der Waals surface area contributed by atoms with Crippen LogP contribution in [0.25, 0.3) is 0 Å². The molecule has 7 nitrogen and oxygen atoms in total. The van der Waals surface area contributed by atoms with Crippen LogP contribution in [0.3, 0.4) is 0 Å². The number of hydrogen-bond acceptors (Lipinski definition) is 7. The Morgan fingerprint density at radius 1 is 0.909 bits per heavy atom. The number of hydrogen-bond donors (Lipinski definition) is 2. The Morgan fingerprint density at radius 2 is 1.55 bits per heavy atom. The number of rotatable bonds is 8. The summed E-state index contributed by atoms with van der Waals surface area (Å²) in [7, 11) is 1.35. The lowest BCUT2D eigenvalue weighted by Gasteiger charge is -2.26. The number of methoxy groups -OCH3 is 1. The van der Waals surface area contributed by atoms with E-state index in [2.05, 4.69) is 44.5 Å². The van der Waals surface area contributed by atoms with Crippen molar-refractivity contribution in [1.29, 1.82) is 0 Å². The summed E-state index contributed by atoms with van der Waals surface area (Å²) in [6, 6.07) is 27.3. The molecule has 33 heavy (non-hydrogen) atoms. The fourth-order valence-electron chi connectivity index (χ4n) is 3.53. The first kappa shape index (κ1) is 21.8. The Kier molecular flexibility index (Phi) is 6.80. The van der Waals surface area contributed by atoms with Gasteiger partial charge in [-0.3, -0.25) is 0 Å². The minimum Gasteiger partial charge on any atom is -0.465 e. The molecule has 0 bridgehead atoms. The van der Waals surface area contributed by atoms with Crippen molar-refractivity contribution in [2.24, 2.45) is 0 Å². The van der Waals surface area contributed by atoms with Gasteiger partial charge in [0.2, 0.25) is 0 Å². The molecule has 166 valence electrons. The lowest BCUT2D eigenvalue weighted by atomic mass is 10.1. The number of aromatic nitrogens is 2. The summed E-state index contributed by atoms with van der Waals surface area (Å²) in [4.78, 5) is 22.8. The number of nitrogen functional groups attached to an aromatic ring is 1. The first-order chi connectivity index (χ1) is 16.1. The molecular formula is C26H25N5O2. The molecule has 0 saturated heterocycles. The van der Waals surface area contributed by atoms with Gasteiger partial charge in [0.25, 0.3) is 0 Å². The monoisotopic (exact) mass is 439 g/mol. The SMILES string of the molecule is COC(=O)c1cccc(Nc2ncnc(N(Cc3ccccc3)Cc3ccccc3)c2N)c1. The van der Waals surface area contributed by atoms with E-state index < -0.39 is 5.97 Å². The molecule has 7 heteroatoms. The van der Waals surface area contributed by atoms with Gasteiger partial charge >= 0.3 is 5.97 Å². The number of nitrogens with one attached hydrogen (secondary N) is 1. The van der Waals surface area contributed by atoms with Gasteiger partial charge in [-0.15, -0.1) is 0 Å². The second-order valence-electron chi connectivity index (χ2n) is 7.48. The highest BCUT2D eigenvalue weighted by Gasteiger charge is 2.17. The van der Waals surface area contributed by atoms with Crippen LogP contribution in [0.15, 0.2) is 91.3 Å². The highest BCUT2D eigenvalue weighted by Crippen LogP contribution is 2.30. The summed E-state index contributed by atoms with van der Waals surface area (Å²) in [5.74, 6) is 0.685. The predicted molar refractivity (Wildman–Crippen MR) is 130 cm³/mol. The fourth-order valence-corrected chi connectivity index (χ4v) is 3.53. The van der Waals surface area contributed by atoms with Gasteiger partial charge in [-0.05, 0) is 29.3 Å². The van der Waals surface area contributed by atoms with Crippen molar-refractivity contribution in [3.63, 3.8) is 0 Å². The van der Waals surface area contributed by atoms with E-state index in [0.29, 0.717) is 41.7 Å². The molecule has 0 aliphatic carbocycles. The number of ether oxygens (including phenoxy) is 1. The summed E-state index contributed by atoms with van der Waals surface area (Å²) in [5.41, 5.74) is 10.4. The van der Waals surface area contributed by atoms with E-state index in [1.54, 1.807) is 18.2 Å². The summed E-state index contributed by atoms with van der Waals surface area (Å²) in [6.45, 7) is 1.27. The van der Waals surface area contributed by atoms with E-state index >= 15 is 0 Å². The van der Waals surface area contributed by atoms with E-state index in [0.717, 1.165) is 11.1 Å². The van der Waals surface area contributed by atoms with Crippen molar-refractivity contribution in [2.45, 2.75) is 13.1 Å². The zero-order valence-corrected chi connectivity index (χ0v) is 18.3. The number of carbonyl (C=O) groups excluding carboxylic acids is 1. The summed E-state index contributed by atoms with van der Waals surface area (Å²) < 4.78 is 4.81. The summed E-state index contributed by atoms with van der Waals surface area (Å²) in [6.07, 6.45) is 1.49. The van der Waals surface area contributed by atoms with E-state index in [1.165, 1.54) is 13.4 Å². The average molecular weight is 440 g/mol. The third-order valence-corrected chi connectivity index (χ3v) is 5.14. The minimum atomic E-state index is -0.410. The van der Waals surface area contributed by atoms with Gasteiger partial charge in [0.15, 0.2) is 11.6 Å². The third kappa shape index (κ3) is 5.46. The molecule has 0 fully saturated rings. The lowest BCUT2D eigenvalue weighted by Crippen LogP contribution is -2.24. The van der Waals surface area contributed by atoms with Crippen molar-refractivity contribution in [1.82, 2.24) is 9.97 Å². The molecule has 0 aliphatic heterocycles. The first-order valence-electron chi connectivity index (χ1n) is 10.5. The van der Waals surface area contributed by atoms with Crippen molar-refractivity contribution in [2.75, 3.05) is 23.1 Å². The maximum Gasteiger partial charge on any atom is 0.337 e. The highest BCUT2D eigenvalue weighted by molar-refractivity contribution is 5.91. The lowest BCUT2D eigenvalue weighted by molar-refractivity contribution is 0.0601. The zero-order chi connectivity index (χ0) is 23.0. The summed E-state index contributed by atoms with van der Waals surface area (Å²) in [5, 5.41) is 3.20. The molecule has 4 rings (SSSR count). The second kappa shape index (κ2) is 10.3. The third-order valence-electron chi connectivity index (χ3n) is 5.14. The van der Waals surface area contributed by atoms with Gasteiger partial charge < -0.3 is 20.7 Å². The highest BCUT2D eigenvalue weighted by atomic mass is 16.5. The smallest absolute Gasteiger partial charge is 0.337 e. The Bertz CT molecular complexity index is 1170. The quantitative estimate of drug-likeness (QED) is 0.381. The van der Waals surface area contributed by atoms with E-state index in [-0.39, 0.29) is 0 Å². The van der Waals surface area contributed by atoms with Crippen LogP contribution < -0.4 is 16.0 Å². The number of benzene rings is 3. The van der Waals surface area contributed by atoms with Gasteiger partial charge in [-0.1, -0.05) is 66.7 Å². The predicted octanol–water partition coefficient (Wildman–Crippen LogP) is 4.80. The van der Waals surface area contributed by atoms with Crippen LogP contribution in [0.2, 0.25) is 0 Å². The van der Waals surface area contributed by atoms with Gasteiger partial charge in [0, 0.05) is 18.8 Å². The van der Waals surface area contributed by atoms with E-state index in [9.17, 15) is 4.79 Å². The van der Waals surface area contributed by atoms with Crippen molar-refractivity contribution < 1.29 is 9.53 Å². The molecule has 0 saturated carbocycles. The molecule has 1 heterocycles. The molecular weight excluding hydrogens is 414 g/mol. The molecule has 0 radical (unpaired) electrons. The molecule has 4 aromatic rings. The first-order valence-corrected chi connectivity index (χ1v) is 10.5. The molecule has 3 aromatic carbocycles. The fraction of sp³-hybridized carbons (Fsp3) is 0.115. The largest absolute Gasteiger partial charge is 0.465 e.